The van der Waals surface area contributed by atoms with E-state index in [9.17, 15) is 4.79 Å². The quantitative estimate of drug-likeness (QED) is 0.667. The van der Waals surface area contributed by atoms with E-state index in [-0.39, 0.29) is 0 Å². The number of nitrogens with zero attached hydrogens (tertiary/aromatic N) is 1. The average molecular weight is 171 g/mol. The van der Waals surface area contributed by atoms with Gasteiger partial charge in [0.05, 0.1) is 10.7 Å². The van der Waals surface area contributed by atoms with Crippen LogP contribution in [0.5, 0.6) is 0 Å². The minimum atomic E-state index is -0.545. The number of amides is 2. The molecule has 0 unspecified atom stereocenters. The Labute approximate surface area is 68.4 Å². The molecule has 3 N–H and O–H groups in total. The van der Waals surface area contributed by atoms with Gasteiger partial charge in [0.25, 0.3) is 0 Å². The normalized spacial score (nSPS) is 9.64. The predicted octanol–water partition coefficient (Wildman–Crippen LogP) is 1.25. The topological polar surface area (TPSA) is 68.0 Å². The zero-order chi connectivity index (χ0) is 8.43. The van der Waals surface area contributed by atoms with Crippen LogP contribution in [-0.2, 0) is 0 Å². The Kier molecular flexibility index (Phi) is 2.09. The monoisotopic (exact) mass is 171 g/mol. The van der Waals surface area contributed by atoms with Crippen LogP contribution >= 0.6 is 11.3 Å². The van der Waals surface area contributed by atoms with E-state index in [1.54, 1.807) is 0 Å². The molecule has 11 heavy (non-hydrogen) atoms. The van der Waals surface area contributed by atoms with E-state index in [2.05, 4.69) is 10.3 Å². The summed E-state index contributed by atoms with van der Waals surface area (Å²) in [6, 6.07) is -0.545. The van der Waals surface area contributed by atoms with Crippen molar-refractivity contribution < 1.29 is 4.79 Å². The smallest absolute Gasteiger partial charge is 0.317 e. The summed E-state index contributed by atoms with van der Waals surface area (Å²) < 4.78 is 0. The number of thiazole rings is 1. The summed E-state index contributed by atoms with van der Waals surface area (Å²) in [6.07, 6.45) is 0. The van der Waals surface area contributed by atoms with Crippen molar-refractivity contribution >= 4 is 22.4 Å². The van der Waals surface area contributed by atoms with Crippen molar-refractivity contribution in [1.29, 1.82) is 0 Å². The number of nitrogens with two attached hydrogens (primary N) is 1. The summed E-state index contributed by atoms with van der Waals surface area (Å²) in [5.74, 6) is 0. The fourth-order valence-electron chi connectivity index (χ4n) is 0.759. The van der Waals surface area contributed by atoms with E-state index >= 15 is 0 Å². The van der Waals surface area contributed by atoms with Gasteiger partial charge in [-0.3, -0.25) is 5.32 Å². The maximum Gasteiger partial charge on any atom is 0.317 e. The van der Waals surface area contributed by atoms with Gasteiger partial charge in [-0.2, -0.15) is 0 Å². The lowest BCUT2D eigenvalue weighted by molar-refractivity contribution is 0.259. The molecule has 1 aromatic rings. The Morgan fingerprint density at radius 1 is 1.64 bits per heavy atom. The minimum Gasteiger partial charge on any atom is -0.351 e. The predicted molar refractivity (Wildman–Crippen MR) is 44.8 cm³/mol. The number of urea groups is 1. The van der Waals surface area contributed by atoms with E-state index in [0.29, 0.717) is 0 Å². The number of rotatable bonds is 1. The van der Waals surface area contributed by atoms with Gasteiger partial charge in [-0.25, -0.2) is 9.78 Å². The zero-order valence-electron chi connectivity index (χ0n) is 6.34. The molecule has 0 saturated carbocycles. The van der Waals surface area contributed by atoms with Gasteiger partial charge in [-0.15, -0.1) is 11.3 Å². The molecule has 1 heterocycles. The van der Waals surface area contributed by atoms with Gasteiger partial charge in [0.1, 0.15) is 5.00 Å². The third-order valence-electron chi connectivity index (χ3n) is 1.14. The van der Waals surface area contributed by atoms with Gasteiger partial charge < -0.3 is 5.73 Å². The van der Waals surface area contributed by atoms with Gasteiger partial charge in [-0.05, 0) is 13.8 Å². The lowest BCUT2D eigenvalue weighted by Crippen LogP contribution is -2.18. The first-order valence-electron chi connectivity index (χ1n) is 3.10. The Bertz CT molecular complexity index is 281. The van der Waals surface area contributed by atoms with Gasteiger partial charge in [-0.1, -0.05) is 0 Å². The number of aromatic nitrogens is 1. The standard InChI is InChI=1S/C6H9N3OS/c1-3-5(9-6(7)10)11-4(2)8-3/h1-2H3,(H3,7,9,10). The SMILES string of the molecule is Cc1nc(C)c(NC(N)=O)s1. The van der Waals surface area contributed by atoms with Crippen molar-refractivity contribution in [3.63, 3.8) is 0 Å². The highest BCUT2D eigenvalue weighted by Crippen LogP contribution is 2.22. The van der Waals surface area contributed by atoms with Gasteiger partial charge in [0, 0.05) is 0 Å². The molecule has 0 aromatic carbocycles. The molecule has 1 rings (SSSR count). The second-order valence-corrected chi connectivity index (χ2v) is 3.34. The molecule has 4 nitrogen and oxygen atoms in total. The summed E-state index contributed by atoms with van der Waals surface area (Å²) in [5.41, 5.74) is 5.74. The molecule has 0 aliphatic rings. The Morgan fingerprint density at radius 3 is 2.64 bits per heavy atom. The molecule has 0 aliphatic heterocycles. The van der Waals surface area contributed by atoms with Crippen molar-refractivity contribution in [2.24, 2.45) is 5.73 Å². The first kappa shape index (κ1) is 8.00. The molecule has 5 heteroatoms. The average Bonchev–Trinajstić information content (AvgIpc) is 2.09. The van der Waals surface area contributed by atoms with E-state index < -0.39 is 6.03 Å². The molecule has 0 radical (unpaired) electrons. The van der Waals surface area contributed by atoms with Gasteiger partial charge >= 0.3 is 6.03 Å². The number of anilines is 1. The molecule has 0 fully saturated rings. The number of nitrogens with one attached hydrogen (secondary N) is 1. The van der Waals surface area contributed by atoms with E-state index in [1.165, 1.54) is 11.3 Å². The second-order valence-electron chi connectivity index (χ2n) is 2.14. The van der Waals surface area contributed by atoms with Crippen molar-refractivity contribution in [3.05, 3.63) is 10.7 Å². The first-order valence-corrected chi connectivity index (χ1v) is 3.91. The maximum absolute atomic E-state index is 10.4. The molecule has 0 aliphatic carbocycles. The summed E-state index contributed by atoms with van der Waals surface area (Å²) >= 11 is 1.42. The number of hydrogen-bond acceptors (Lipinski definition) is 3. The van der Waals surface area contributed by atoms with Crippen LogP contribution in [0, 0.1) is 13.8 Å². The molecular formula is C6H9N3OS. The summed E-state index contributed by atoms with van der Waals surface area (Å²) in [6.45, 7) is 3.71. The van der Waals surface area contributed by atoms with Gasteiger partial charge in [0.2, 0.25) is 0 Å². The number of carbonyl (C=O) groups is 1. The number of carbonyl (C=O) groups excluding carboxylic acids is 1. The fraction of sp³-hybridized carbons (Fsp3) is 0.333. The third-order valence-corrected chi connectivity index (χ3v) is 2.13. The van der Waals surface area contributed by atoms with Crippen LogP contribution in [0.2, 0.25) is 0 Å². The molecule has 2 amide bonds. The minimum absolute atomic E-state index is 0.545. The van der Waals surface area contributed by atoms with Crippen molar-refractivity contribution in [1.82, 2.24) is 4.98 Å². The first-order chi connectivity index (χ1) is 5.09. The van der Waals surface area contributed by atoms with Crippen molar-refractivity contribution in [3.8, 4) is 0 Å². The fourth-order valence-corrected chi connectivity index (χ4v) is 1.58. The lowest BCUT2D eigenvalue weighted by atomic mass is 10.5. The van der Waals surface area contributed by atoms with E-state index in [1.807, 2.05) is 13.8 Å². The Morgan fingerprint density at radius 2 is 2.27 bits per heavy atom. The van der Waals surface area contributed by atoms with Crippen molar-refractivity contribution in [2.45, 2.75) is 13.8 Å². The molecule has 60 valence electrons. The molecule has 0 bridgehead atoms. The maximum atomic E-state index is 10.4. The highest BCUT2D eigenvalue weighted by Gasteiger charge is 2.04. The largest absolute Gasteiger partial charge is 0.351 e. The van der Waals surface area contributed by atoms with Crippen LogP contribution in [-0.4, -0.2) is 11.0 Å². The molecule has 0 saturated heterocycles. The molecule has 0 atom stereocenters. The third kappa shape index (κ3) is 1.91. The van der Waals surface area contributed by atoms with Crippen LogP contribution in [0.4, 0.5) is 9.80 Å². The molecular weight excluding hydrogens is 162 g/mol. The van der Waals surface area contributed by atoms with Crippen LogP contribution < -0.4 is 11.1 Å². The summed E-state index contributed by atoms with van der Waals surface area (Å²) in [5, 5.41) is 4.14. The number of primary amides is 1. The summed E-state index contributed by atoms with van der Waals surface area (Å²) in [4.78, 5) is 14.5. The molecule has 1 aromatic heterocycles. The van der Waals surface area contributed by atoms with Crippen LogP contribution in [0.15, 0.2) is 0 Å². The van der Waals surface area contributed by atoms with Crippen LogP contribution in [0.3, 0.4) is 0 Å². The summed E-state index contributed by atoms with van der Waals surface area (Å²) in [7, 11) is 0. The van der Waals surface area contributed by atoms with Crippen LogP contribution in [0.1, 0.15) is 10.7 Å². The Hall–Kier alpha value is -1.10. The number of aryl methyl sites for hydroxylation is 2. The molecule has 0 spiro atoms. The van der Waals surface area contributed by atoms with Crippen LogP contribution in [0.25, 0.3) is 0 Å². The highest BCUT2D eigenvalue weighted by molar-refractivity contribution is 7.16. The number of hydrogen-bond donors (Lipinski definition) is 2. The zero-order valence-corrected chi connectivity index (χ0v) is 7.16. The van der Waals surface area contributed by atoms with E-state index in [0.717, 1.165) is 15.7 Å². The highest BCUT2D eigenvalue weighted by atomic mass is 32.1. The van der Waals surface area contributed by atoms with Crippen molar-refractivity contribution in [2.75, 3.05) is 5.32 Å². The van der Waals surface area contributed by atoms with Gasteiger partial charge in [0.15, 0.2) is 0 Å². The van der Waals surface area contributed by atoms with E-state index in [4.69, 9.17) is 5.73 Å². The Balaban J connectivity index is 2.85. The second kappa shape index (κ2) is 2.87. The lowest BCUT2D eigenvalue weighted by Gasteiger charge is -1.95.